The van der Waals surface area contributed by atoms with E-state index in [9.17, 15) is 4.39 Å². The van der Waals surface area contributed by atoms with Crippen LogP contribution < -0.4 is 10.1 Å². The third kappa shape index (κ3) is 3.24. The highest BCUT2D eigenvalue weighted by atomic mass is 19.1. The molecular weight excluding hydrogens is 233 g/mol. The van der Waals surface area contributed by atoms with E-state index in [-0.39, 0.29) is 11.6 Å². The molecule has 0 bridgehead atoms. The molecule has 94 valence electrons. The summed E-state index contributed by atoms with van der Waals surface area (Å²) in [4.78, 5) is 8.25. The van der Waals surface area contributed by atoms with Gasteiger partial charge in [-0.3, -0.25) is 4.98 Å². The number of nitrogens with one attached hydrogen (secondary N) is 1. The van der Waals surface area contributed by atoms with E-state index < -0.39 is 5.82 Å². The second kappa shape index (κ2) is 6.07. The maximum atomic E-state index is 13.3. The maximum Gasteiger partial charge on any atom is 0.237 e. The lowest BCUT2D eigenvalue weighted by atomic mass is 10.3. The van der Waals surface area contributed by atoms with Gasteiger partial charge in [0, 0.05) is 6.54 Å². The summed E-state index contributed by atoms with van der Waals surface area (Å²) >= 11 is 0. The van der Waals surface area contributed by atoms with Crippen molar-refractivity contribution in [1.29, 1.82) is 0 Å². The zero-order chi connectivity index (χ0) is 12.8. The predicted molar refractivity (Wildman–Crippen MR) is 65.9 cm³/mol. The van der Waals surface area contributed by atoms with Crippen molar-refractivity contribution < 1.29 is 9.13 Å². The Kier molecular flexibility index (Phi) is 4.20. The van der Waals surface area contributed by atoms with Gasteiger partial charge in [0.15, 0.2) is 11.6 Å². The van der Waals surface area contributed by atoms with Gasteiger partial charge in [-0.2, -0.15) is 0 Å². The van der Waals surface area contributed by atoms with Crippen molar-refractivity contribution in [2.24, 2.45) is 0 Å². The Morgan fingerprint density at radius 3 is 2.72 bits per heavy atom. The molecule has 0 amide bonds. The topological polar surface area (TPSA) is 47.0 Å². The van der Waals surface area contributed by atoms with Crippen LogP contribution in [0.1, 0.15) is 12.6 Å². The van der Waals surface area contributed by atoms with Crippen molar-refractivity contribution in [3.63, 3.8) is 0 Å². The lowest BCUT2D eigenvalue weighted by Crippen LogP contribution is -2.13. The number of halogens is 1. The van der Waals surface area contributed by atoms with E-state index in [4.69, 9.17) is 4.74 Å². The van der Waals surface area contributed by atoms with Crippen LogP contribution in [0.2, 0.25) is 0 Å². The van der Waals surface area contributed by atoms with Gasteiger partial charge in [-0.05, 0) is 18.7 Å². The summed E-state index contributed by atoms with van der Waals surface area (Å²) in [7, 11) is 0. The van der Waals surface area contributed by atoms with Crippen molar-refractivity contribution in [3.05, 3.63) is 48.2 Å². The smallest absolute Gasteiger partial charge is 0.237 e. The number of benzene rings is 1. The Hall–Kier alpha value is -2.01. The van der Waals surface area contributed by atoms with Crippen molar-refractivity contribution in [1.82, 2.24) is 15.3 Å². The molecule has 0 spiro atoms. The minimum atomic E-state index is -0.420. The lowest BCUT2D eigenvalue weighted by Gasteiger charge is -2.06. The molecule has 1 heterocycles. The summed E-state index contributed by atoms with van der Waals surface area (Å²) in [5, 5.41) is 3.14. The largest absolute Gasteiger partial charge is 0.434 e. The first-order valence-electron chi connectivity index (χ1n) is 5.73. The highest BCUT2D eigenvalue weighted by Crippen LogP contribution is 2.21. The van der Waals surface area contributed by atoms with E-state index in [2.05, 4.69) is 15.3 Å². The van der Waals surface area contributed by atoms with Crippen molar-refractivity contribution in [3.8, 4) is 11.6 Å². The maximum absolute atomic E-state index is 13.3. The van der Waals surface area contributed by atoms with Gasteiger partial charge < -0.3 is 10.1 Å². The molecule has 0 aliphatic heterocycles. The molecule has 0 aliphatic rings. The summed E-state index contributed by atoms with van der Waals surface area (Å²) in [6.45, 7) is 3.54. The molecule has 0 aliphatic carbocycles. The van der Waals surface area contributed by atoms with Gasteiger partial charge in [-0.15, -0.1) is 0 Å². The molecule has 1 aromatic carbocycles. The van der Waals surface area contributed by atoms with Crippen LogP contribution in [0, 0.1) is 5.82 Å². The highest BCUT2D eigenvalue weighted by molar-refractivity contribution is 5.27. The molecule has 0 fully saturated rings. The molecule has 5 heteroatoms. The van der Waals surface area contributed by atoms with Crippen LogP contribution in [-0.2, 0) is 6.54 Å². The van der Waals surface area contributed by atoms with Gasteiger partial charge in [0.25, 0.3) is 0 Å². The standard InChI is InChI=1S/C13H14FN3O/c1-2-15-7-10-8-17-13(9-16-10)18-12-6-4-3-5-11(12)14/h3-6,8-9,15H,2,7H2,1H3. The van der Waals surface area contributed by atoms with Gasteiger partial charge >= 0.3 is 0 Å². The van der Waals surface area contributed by atoms with Crippen LogP contribution in [0.4, 0.5) is 4.39 Å². The number of rotatable bonds is 5. The van der Waals surface area contributed by atoms with Gasteiger partial charge in [0.2, 0.25) is 5.88 Å². The van der Waals surface area contributed by atoms with Crippen molar-refractivity contribution in [2.75, 3.05) is 6.54 Å². The molecule has 2 rings (SSSR count). The number of nitrogens with zero attached hydrogens (tertiary/aromatic N) is 2. The number of hydrogen-bond acceptors (Lipinski definition) is 4. The average Bonchev–Trinajstić information content (AvgIpc) is 2.41. The first-order valence-corrected chi connectivity index (χ1v) is 5.73. The summed E-state index contributed by atoms with van der Waals surface area (Å²) < 4.78 is 18.6. The average molecular weight is 247 g/mol. The van der Waals surface area contributed by atoms with Gasteiger partial charge in [0.1, 0.15) is 0 Å². The summed E-state index contributed by atoms with van der Waals surface area (Å²) in [6.07, 6.45) is 3.10. The molecule has 2 aromatic rings. The quantitative estimate of drug-likeness (QED) is 0.882. The number of aromatic nitrogens is 2. The van der Waals surface area contributed by atoms with Crippen LogP contribution in [0.5, 0.6) is 11.6 Å². The zero-order valence-corrected chi connectivity index (χ0v) is 10.1. The van der Waals surface area contributed by atoms with Crippen molar-refractivity contribution >= 4 is 0 Å². The molecule has 0 saturated heterocycles. The minimum Gasteiger partial charge on any atom is -0.434 e. The fourth-order valence-corrected chi connectivity index (χ4v) is 1.38. The molecule has 1 aromatic heterocycles. The van der Waals surface area contributed by atoms with Gasteiger partial charge in [0.05, 0.1) is 18.1 Å². The zero-order valence-electron chi connectivity index (χ0n) is 10.1. The summed E-state index contributed by atoms with van der Waals surface area (Å²) in [5.74, 6) is 0.00241. The van der Waals surface area contributed by atoms with E-state index in [0.29, 0.717) is 6.54 Å². The molecular formula is C13H14FN3O. The van der Waals surface area contributed by atoms with Crippen LogP contribution in [0.15, 0.2) is 36.7 Å². The third-order valence-electron chi connectivity index (χ3n) is 2.29. The van der Waals surface area contributed by atoms with E-state index in [0.717, 1.165) is 12.2 Å². The molecule has 18 heavy (non-hydrogen) atoms. The van der Waals surface area contributed by atoms with Gasteiger partial charge in [-0.25, -0.2) is 9.37 Å². The lowest BCUT2D eigenvalue weighted by molar-refractivity contribution is 0.424. The van der Waals surface area contributed by atoms with Crippen LogP contribution >= 0.6 is 0 Å². The van der Waals surface area contributed by atoms with Crippen LogP contribution in [0.3, 0.4) is 0 Å². The first-order chi connectivity index (χ1) is 8.79. The van der Waals surface area contributed by atoms with Crippen molar-refractivity contribution in [2.45, 2.75) is 13.5 Å². The SMILES string of the molecule is CCNCc1cnc(Oc2ccccc2F)cn1. The Balaban J connectivity index is 2.04. The summed E-state index contributed by atoms with van der Waals surface area (Å²) in [5.41, 5.74) is 0.817. The molecule has 0 atom stereocenters. The Morgan fingerprint density at radius 2 is 2.06 bits per heavy atom. The highest BCUT2D eigenvalue weighted by Gasteiger charge is 2.04. The number of hydrogen-bond donors (Lipinski definition) is 1. The monoisotopic (exact) mass is 247 g/mol. The fraction of sp³-hybridized carbons (Fsp3) is 0.231. The molecule has 0 radical (unpaired) electrons. The molecule has 4 nitrogen and oxygen atoms in total. The number of ether oxygens (including phenoxy) is 1. The minimum absolute atomic E-state index is 0.145. The van der Waals surface area contributed by atoms with Gasteiger partial charge in [-0.1, -0.05) is 19.1 Å². The predicted octanol–water partition coefficient (Wildman–Crippen LogP) is 2.52. The van der Waals surface area contributed by atoms with E-state index in [1.165, 1.54) is 12.3 Å². The van der Waals surface area contributed by atoms with E-state index >= 15 is 0 Å². The second-order valence-corrected chi connectivity index (χ2v) is 3.66. The van der Waals surface area contributed by atoms with Crippen LogP contribution in [0.25, 0.3) is 0 Å². The Morgan fingerprint density at radius 1 is 1.22 bits per heavy atom. The van der Waals surface area contributed by atoms with E-state index in [1.807, 2.05) is 6.92 Å². The third-order valence-corrected chi connectivity index (χ3v) is 2.29. The molecule has 1 N–H and O–H groups in total. The first kappa shape index (κ1) is 12.4. The Labute approximate surface area is 105 Å². The van der Waals surface area contributed by atoms with E-state index in [1.54, 1.807) is 24.4 Å². The second-order valence-electron chi connectivity index (χ2n) is 3.66. The fourth-order valence-electron chi connectivity index (χ4n) is 1.38. The van der Waals surface area contributed by atoms with Crippen LogP contribution in [-0.4, -0.2) is 16.5 Å². The Bertz CT molecular complexity index is 502. The normalized spacial score (nSPS) is 10.3. The summed E-state index contributed by atoms with van der Waals surface area (Å²) in [6, 6.07) is 6.19. The molecule has 0 saturated carbocycles. The molecule has 0 unspecified atom stereocenters. The number of para-hydroxylation sites is 1.